The van der Waals surface area contributed by atoms with E-state index in [1.165, 1.54) is 0 Å². The summed E-state index contributed by atoms with van der Waals surface area (Å²) in [6, 6.07) is 5.55. The Labute approximate surface area is 123 Å². The SMILES string of the molecule is O=C1NCCO[C@H]2CN(C(=O)Cc3ccccn3)CC[C@@H]12. The van der Waals surface area contributed by atoms with E-state index in [0.717, 1.165) is 5.69 Å². The topological polar surface area (TPSA) is 71.5 Å². The van der Waals surface area contributed by atoms with Crippen molar-refractivity contribution in [3.05, 3.63) is 30.1 Å². The summed E-state index contributed by atoms with van der Waals surface area (Å²) in [5, 5.41) is 2.85. The molecule has 2 saturated heterocycles. The van der Waals surface area contributed by atoms with Crippen LogP contribution in [0.1, 0.15) is 12.1 Å². The molecule has 0 saturated carbocycles. The van der Waals surface area contributed by atoms with Crippen molar-refractivity contribution in [1.29, 1.82) is 0 Å². The van der Waals surface area contributed by atoms with Crippen LogP contribution in [0.25, 0.3) is 0 Å². The number of carbonyl (C=O) groups is 2. The highest BCUT2D eigenvalue weighted by molar-refractivity contribution is 5.81. The van der Waals surface area contributed by atoms with Gasteiger partial charge in [-0.05, 0) is 18.6 Å². The molecule has 0 unspecified atom stereocenters. The highest BCUT2D eigenvalue weighted by Crippen LogP contribution is 2.22. The molecule has 2 fully saturated rings. The van der Waals surface area contributed by atoms with Gasteiger partial charge in [0.2, 0.25) is 11.8 Å². The van der Waals surface area contributed by atoms with Gasteiger partial charge in [-0.1, -0.05) is 6.07 Å². The summed E-state index contributed by atoms with van der Waals surface area (Å²) < 4.78 is 5.72. The summed E-state index contributed by atoms with van der Waals surface area (Å²) in [7, 11) is 0. The smallest absolute Gasteiger partial charge is 0.228 e. The van der Waals surface area contributed by atoms with Gasteiger partial charge < -0.3 is 15.0 Å². The lowest BCUT2D eigenvalue weighted by Gasteiger charge is -2.36. The molecule has 2 atom stereocenters. The summed E-state index contributed by atoms with van der Waals surface area (Å²) in [5.74, 6) is -0.0406. The largest absolute Gasteiger partial charge is 0.374 e. The third kappa shape index (κ3) is 3.21. The van der Waals surface area contributed by atoms with Gasteiger partial charge in [0.15, 0.2) is 0 Å². The third-order valence-corrected chi connectivity index (χ3v) is 4.04. The number of nitrogens with zero attached hydrogens (tertiary/aromatic N) is 2. The molecule has 112 valence electrons. The van der Waals surface area contributed by atoms with Gasteiger partial charge >= 0.3 is 0 Å². The molecule has 0 aliphatic carbocycles. The number of aromatic nitrogens is 1. The minimum Gasteiger partial charge on any atom is -0.374 e. The van der Waals surface area contributed by atoms with Crippen molar-refractivity contribution in [1.82, 2.24) is 15.2 Å². The quantitative estimate of drug-likeness (QED) is 0.831. The number of nitrogens with one attached hydrogen (secondary N) is 1. The van der Waals surface area contributed by atoms with E-state index in [2.05, 4.69) is 10.3 Å². The number of hydrogen-bond donors (Lipinski definition) is 1. The number of ether oxygens (including phenoxy) is 1. The van der Waals surface area contributed by atoms with Crippen LogP contribution >= 0.6 is 0 Å². The lowest BCUT2D eigenvalue weighted by molar-refractivity contribution is -0.141. The normalized spacial score (nSPS) is 25.7. The summed E-state index contributed by atoms with van der Waals surface area (Å²) in [6.07, 6.45) is 2.46. The first kappa shape index (κ1) is 14.0. The van der Waals surface area contributed by atoms with E-state index in [1.807, 2.05) is 18.2 Å². The van der Waals surface area contributed by atoms with Crippen molar-refractivity contribution in [2.45, 2.75) is 18.9 Å². The molecule has 2 aliphatic rings. The van der Waals surface area contributed by atoms with Gasteiger partial charge in [0, 0.05) is 31.5 Å². The number of likely N-dealkylation sites (tertiary alicyclic amines) is 1. The van der Waals surface area contributed by atoms with Crippen LogP contribution in [0.4, 0.5) is 0 Å². The molecule has 0 radical (unpaired) electrons. The zero-order chi connectivity index (χ0) is 14.7. The molecular weight excluding hydrogens is 270 g/mol. The van der Waals surface area contributed by atoms with Gasteiger partial charge in [0.1, 0.15) is 0 Å². The maximum atomic E-state index is 12.3. The minimum atomic E-state index is -0.186. The molecule has 0 spiro atoms. The fourth-order valence-electron chi connectivity index (χ4n) is 2.90. The van der Waals surface area contributed by atoms with Crippen LogP contribution in [-0.2, 0) is 20.7 Å². The molecule has 3 heterocycles. The number of pyridine rings is 1. The molecular formula is C15H19N3O3. The Morgan fingerprint density at radius 3 is 3.19 bits per heavy atom. The molecule has 21 heavy (non-hydrogen) atoms. The van der Waals surface area contributed by atoms with Crippen molar-refractivity contribution in [2.75, 3.05) is 26.2 Å². The van der Waals surface area contributed by atoms with Crippen molar-refractivity contribution < 1.29 is 14.3 Å². The maximum Gasteiger partial charge on any atom is 0.228 e. The molecule has 0 aromatic carbocycles. The second-order valence-corrected chi connectivity index (χ2v) is 5.43. The highest BCUT2D eigenvalue weighted by atomic mass is 16.5. The van der Waals surface area contributed by atoms with E-state index >= 15 is 0 Å². The number of rotatable bonds is 2. The Morgan fingerprint density at radius 2 is 2.38 bits per heavy atom. The van der Waals surface area contributed by atoms with Crippen LogP contribution in [-0.4, -0.2) is 54.0 Å². The standard InChI is InChI=1S/C15H19N3O3/c19-14(9-11-3-1-2-5-16-11)18-7-4-12-13(10-18)21-8-6-17-15(12)20/h1-3,5,12-13H,4,6-10H2,(H,17,20)/t12-,13+/m1/s1. The van der Waals surface area contributed by atoms with Crippen LogP contribution < -0.4 is 5.32 Å². The molecule has 6 heteroatoms. The van der Waals surface area contributed by atoms with Crippen LogP contribution in [0.15, 0.2) is 24.4 Å². The molecule has 1 aromatic heterocycles. The highest BCUT2D eigenvalue weighted by Gasteiger charge is 2.37. The van der Waals surface area contributed by atoms with Gasteiger partial charge in [0.05, 0.1) is 25.0 Å². The van der Waals surface area contributed by atoms with Crippen LogP contribution in [0.3, 0.4) is 0 Å². The van der Waals surface area contributed by atoms with E-state index in [0.29, 0.717) is 39.1 Å². The summed E-state index contributed by atoms with van der Waals surface area (Å²) in [4.78, 5) is 30.2. The first-order valence-electron chi connectivity index (χ1n) is 7.31. The van der Waals surface area contributed by atoms with Gasteiger partial charge in [-0.25, -0.2) is 0 Å². The maximum absolute atomic E-state index is 12.3. The lowest BCUT2D eigenvalue weighted by Crippen LogP contribution is -2.50. The molecule has 1 aromatic rings. The first-order valence-corrected chi connectivity index (χ1v) is 7.31. The zero-order valence-corrected chi connectivity index (χ0v) is 11.8. The van der Waals surface area contributed by atoms with Crippen molar-refractivity contribution in [3.8, 4) is 0 Å². The van der Waals surface area contributed by atoms with Crippen LogP contribution in [0, 0.1) is 5.92 Å². The molecule has 2 amide bonds. The molecule has 6 nitrogen and oxygen atoms in total. The van der Waals surface area contributed by atoms with E-state index in [4.69, 9.17) is 4.74 Å². The second-order valence-electron chi connectivity index (χ2n) is 5.43. The summed E-state index contributed by atoms with van der Waals surface area (Å²) >= 11 is 0. The fourth-order valence-corrected chi connectivity index (χ4v) is 2.90. The number of amides is 2. The van der Waals surface area contributed by atoms with Gasteiger partial charge in [-0.3, -0.25) is 14.6 Å². The van der Waals surface area contributed by atoms with Gasteiger partial charge in [-0.2, -0.15) is 0 Å². The van der Waals surface area contributed by atoms with Crippen molar-refractivity contribution >= 4 is 11.8 Å². The van der Waals surface area contributed by atoms with E-state index < -0.39 is 0 Å². The second kappa shape index (κ2) is 6.22. The monoisotopic (exact) mass is 289 g/mol. The number of piperidine rings is 1. The van der Waals surface area contributed by atoms with Crippen LogP contribution in [0.5, 0.6) is 0 Å². The van der Waals surface area contributed by atoms with E-state index in [-0.39, 0.29) is 23.8 Å². The Bertz CT molecular complexity index is 520. The molecule has 3 rings (SSSR count). The predicted octanol–water partition coefficient (Wildman–Crippen LogP) is -0.0124. The van der Waals surface area contributed by atoms with Gasteiger partial charge in [0.25, 0.3) is 0 Å². The lowest BCUT2D eigenvalue weighted by atomic mass is 9.92. The minimum absolute atomic E-state index is 0.0420. The van der Waals surface area contributed by atoms with E-state index in [9.17, 15) is 9.59 Å². The van der Waals surface area contributed by atoms with E-state index in [1.54, 1.807) is 11.1 Å². The Hall–Kier alpha value is -1.95. The average Bonchev–Trinajstić information content (AvgIpc) is 2.70. The van der Waals surface area contributed by atoms with Gasteiger partial charge in [-0.15, -0.1) is 0 Å². The van der Waals surface area contributed by atoms with Crippen LogP contribution in [0.2, 0.25) is 0 Å². The molecule has 2 aliphatic heterocycles. The number of fused-ring (bicyclic) bond motifs is 1. The Balaban J connectivity index is 1.62. The first-order chi connectivity index (χ1) is 10.2. The Morgan fingerprint density at radius 1 is 1.48 bits per heavy atom. The van der Waals surface area contributed by atoms with Crippen molar-refractivity contribution in [3.63, 3.8) is 0 Å². The molecule has 1 N–H and O–H groups in total. The molecule has 0 bridgehead atoms. The summed E-state index contributed by atoms with van der Waals surface area (Å²) in [5.41, 5.74) is 0.768. The fraction of sp³-hybridized carbons (Fsp3) is 0.533. The number of hydrogen-bond acceptors (Lipinski definition) is 4. The third-order valence-electron chi connectivity index (χ3n) is 4.04. The summed E-state index contributed by atoms with van der Waals surface area (Å²) in [6.45, 7) is 2.15. The Kier molecular flexibility index (Phi) is 4.15. The number of carbonyl (C=O) groups excluding carboxylic acids is 2. The zero-order valence-electron chi connectivity index (χ0n) is 11.8. The van der Waals surface area contributed by atoms with Crippen molar-refractivity contribution in [2.24, 2.45) is 5.92 Å². The average molecular weight is 289 g/mol. The predicted molar refractivity (Wildman–Crippen MR) is 75.4 cm³/mol.